The lowest BCUT2D eigenvalue weighted by Gasteiger charge is -2.12. The molecule has 1 unspecified atom stereocenters. The molecule has 2 aromatic rings. The van der Waals surface area contributed by atoms with Crippen molar-refractivity contribution in [3.8, 4) is 0 Å². The van der Waals surface area contributed by atoms with Gasteiger partial charge < -0.3 is 10.1 Å². The third-order valence-electron chi connectivity index (χ3n) is 2.67. The predicted molar refractivity (Wildman–Crippen MR) is 79.7 cm³/mol. The Hall–Kier alpha value is -1.66. The summed E-state index contributed by atoms with van der Waals surface area (Å²) in [5, 5.41) is 4.67. The molecule has 0 bridgehead atoms. The molecule has 1 heterocycles. The van der Waals surface area contributed by atoms with Gasteiger partial charge >= 0.3 is 0 Å². The Morgan fingerprint density at radius 1 is 1.40 bits per heavy atom. The van der Waals surface area contributed by atoms with Crippen LogP contribution in [0.4, 0.5) is 0 Å². The van der Waals surface area contributed by atoms with E-state index in [1.165, 1.54) is 18.1 Å². The highest BCUT2D eigenvalue weighted by atomic mass is 32.2. The Morgan fingerprint density at radius 3 is 3.00 bits per heavy atom. The van der Waals surface area contributed by atoms with Crippen LogP contribution in [0.1, 0.15) is 6.92 Å². The van der Waals surface area contributed by atoms with Gasteiger partial charge in [-0.25, -0.2) is 9.97 Å². The summed E-state index contributed by atoms with van der Waals surface area (Å²) in [7, 11) is 1.62. The molecule has 0 aliphatic carbocycles. The van der Waals surface area contributed by atoms with Crippen LogP contribution in [-0.2, 0) is 9.53 Å². The zero-order valence-electron chi connectivity index (χ0n) is 11.5. The lowest BCUT2D eigenvalue weighted by Crippen LogP contribution is -2.36. The number of ether oxygens (including phenoxy) is 1. The summed E-state index contributed by atoms with van der Waals surface area (Å²) in [5.41, 5.74) is 0.887. The van der Waals surface area contributed by atoms with Gasteiger partial charge in [0.25, 0.3) is 0 Å². The second-order valence-corrected chi connectivity index (χ2v) is 5.37. The number of nitrogens with one attached hydrogen (secondary N) is 1. The molecule has 0 saturated heterocycles. The van der Waals surface area contributed by atoms with Crippen molar-refractivity contribution in [2.75, 3.05) is 19.5 Å². The smallest absolute Gasteiger partial charge is 0.230 e. The average Bonchev–Trinajstić information content (AvgIpc) is 2.45. The quantitative estimate of drug-likeness (QED) is 0.650. The minimum absolute atomic E-state index is 0.00948. The van der Waals surface area contributed by atoms with E-state index in [-0.39, 0.29) is 11.9 Å². The van der Waals surface area contributed by atoms with E-state index in [0.717, 1.165) is 15.9 Å². The van der Waals surface area contributed by atoms with Crippen molar-refractivity contribution >= 4 is 28.6 Å². The molecule has 1 aromatic carbocycles. The molecule has 0 aliphatic rings. The third kappa shape index (κ3) is 3.91. The van der Waals surface area contributed by atoms with Crippen LogP contribution < -0.4 is 5.32 Å². The molecule has 1 N–H and O–H groups in total. The van der Waals surface area contributed by atoms with Crippen molar-refractivity contribution in [1.29, 1.82) is 0 Å². The van der Waals surface area contributed by atoms with Gasteiger partial charge in [-0.1, -0.05) is 30.0 Å². The zero-order chi connectivity index (χ0) is 14.4. The first-order valence-electron chi connectivity index (χ1n) is 6.31. The number of para-hydroxylation sites is 1. The van der Waals surface area contributed by atoms with E-state index in [0.29, 0.717) is 12.4 Å². The largest absolute Gasteiger partial charge is 0.383 e. The summed E-state index contributed by atoms with van der Waals surface area (Å²) in [5.74, 6) is 0.303. The molecule has 0 aliphatic heterocycles. The van der Waals surface area contributed by atoms with Crippen LogP contribution in [0.2, 0.25) is 0 Å². The molecular weight excluding hydrogens is 274 g/mol. The van der Waals surface area contributed by atoms with Gasteiger partial charge in [0.1, 0.15) is 11.4 Å². The van der Waals surface area contributed by atoms with Gasteiger partial charge in [-0.3, -0.25) is 4.79 Å². The number of thioether (sulfide) groups is 1. The van der Waals surface area contributed by atoms with Gasteiger partial charge in [0.15, 0.2) is 0 Å². The average molecular weight is 291 g/mol. The maximum atomic E-state index is 11.8. The SMILES string of the molecule is COCC(C)NC(=O)CSc1ncnc2ccccc12. The molecule has 0 fully saturated rings. The van der Waals surface area contributed by atoms with Crippen molar-refractivity contribution in [2.45, 2.75) is 18.0 Å². The second kappa shape index (κ2) is 7.21. The van der Waals surface area contributed by atoms with Crippen LogP contribution in [0.25, 0.3) is 10.9 Å². The number of benzene rings is 1. The summed E-state index contributed by atoms with van der Waals surface area (Å²) in [6.45, 7) is 2.42. The summed E-state index contributed by atoms with van der Waals surface area (Å²) in [4.78, 5) is 20.2. The van der Waals surface area contributed by atoms with E-state index in [1.807, 2.05) is 31.2 Å². The van der Waals surface area contributed by atoms with Gasteiger partial charge in [0.05, 0.1) is 17.9 Å². The van der Waals surface area contributed by atoms with Gasteiger partial charge in [-0.05, 0) is 13.0 Å². The Morgan fingerprint density at radius 2 is 2.20 bits per heavy atom. The molecule has 0 saturated carbocycles. The van der Waals surface area contributed by atoms with Gasteiger partial charge in [0.2, 0.25) is 5.91 Å². The monoisotopic (exact) mass is 291 g/mol. The molecule has 6 heteroatoms. The molecule has 0 spiro atoms. The van der Waals surface area contributed by atoms with E-state index >= 15 is 0 Å². The van der Waals surface area contributed by atoms with E-state index in [1.54, 1.807) is 7.11 Å². The number of carbonyl (C=O) groups is 1. The van der Waals surface area contributed by atoms with Crippen LogP contribution in [0.15, 0.2) is 35.6 Å². The van der Waals surface area contributed by atoms with Gasteiger partial charge in [-0.15, -0.1) is 0 Å². The molecule has 1 aromatic heterocycles. The van der Waals surface area contributed by atoms with Crippen molar-refractivity contribution in [2.24, 2.45) is 0 Å². The first kappa shape index (κ1) is 14.7. The lowest BCUT2D eigenvalue weighted by atomic mass is 10.2. The number of hydrogen-bond acceptors (Lipinski definition) is 5. The normalized spacial score (nSPS) is 12.3. The van der Waals surface area contributed by atoms with Crippen molar-refractivity contribution in [3.63, 3.8) is 0 Å². The van der Waals surface area contributed by atoms with E-state index in [9.17, 15) is 4.79 Å². The first-order chi connectivity index (χ1) is 9.70. The van der Waals surface area contributed by atoms with E-state index < -0.39 is 0 Å². The van der Waals surface area contributed by atoms with Crippen molar-refractivity contribution in [1.82, 2.24) is 15.3 Å². The van der Waals surface area contributed by atoms with E-state index in [4.69, 9.17) is 4.74 Å². The fraction of sp³-hybridized carbons (Fsp3) is 0.357. The highest BCUT2D eigenvalue weighted by Gasteiger charge is 2.10. The van der Waals surface area contributed by atoms with Gasteiger partial charge in [-0.2, -0.15) is 0 Å². The minimum atomic E-state index is -0.0257. The Balaban J connectivity index is 1.97. The molecule has 1 atom stereocenters. The maximum absolute atomic E-state index is 11.8. The number of rotatable bonds is 6. The number of amides is 1. The number of carbonyl (C=O) groups excluding carboxylic acids is 1. The number of nitrogens with zero attached hydrogens (tertiary/aromatic N) is 2. The molecule has 20 heavy (non-hydrogen) atoms. The molecular formula is C14H17N3O2S. The summed E-state index contributed by atoms with van der Waals surface area (Å²) >= 11 is 1.41. The summed E-state index contributed by atoms with van der Waals surface area (Å²) in [6.07, 6.45) is 1.52. The number of hydrogen-bond donors (Lipinski definition) is 1. The van der Waals surface area contributed by atoms with E-state index in [2.05, 4.69) is 15.3 Å². The summed E-state index contributed by atoms with van der Waals surface area (Å²) < 4.78 is 4.98. The molecule has 106 valence electrons. The number of methoxy groups -OCH3 is 1. The fourth-order valence-electron chi connectivity index (χ4n) is 1.84. The van der Waals surface area contributed by atoms with Crippen LogP contribution in [0, 0.1) is 0 Å². The molecule has 2 rings (SSSR count). The first-order valence-corrected chi connectivity index (χ1v) is 7.30. The Bertz CT molecular complexity index is 586. The standard InChI is InChI=1S/C14H17N3O2S/c1-10(7-19-2)17-13(18)8-20-14-11-5-3-4-6-12(11)15-9-16-14/h3-6,9-10H,7-8H2,1-2H3,(H,17,18). The van der Waals surface area contributed by atoms with Crippen LogP contribution in [-0.4, -0.2) is 41.4 Å². The van der Waals surface area contributed by atoms with Crippen molar-refractivity contribution in [3.05, 3.63) is 30.6 Å². The topological polar surface area (TPSA) is 64.1 Å². The third-order valence-corrected chi connectivity index (χ3v) is 3.68. The van der Waals surface area contributed by atoms with Crippen LogP contribution >= 0.6 is 11.8 Å². The zero-order valence-corrected chi connectivity index (χ0v) is 12.3. The highest BCUT2D eigenvalue weighted by Crippen LogP contribution is 2.23. The molecule has 0 radical (unpaired) electrons. The summed E-state index contributed by atoms with van der Waals surface area (Å²) in [6, 6.07) is 7.78. The van der Waals surface area contributed by atoms with Crippen LogP contribution in [0.5, 0.6) is 0 Å². The maximum Gasteiger partial charge on any atom is 0.230 e. The Labute approximate surface area is 122 Å². The fourth-order valence-corrected chi connectivity index (χ4v) is 2.64. The van der Waals surface area contributed by atoms with Crippen molar-refractivity contribution < 1.29 is 9.53 Å². The minimum Gasteiger partial charge on any atom is -0.383 e. The molecule has 1 amide bonds. The second-order valence-electron chi connectivity index (χ2n) is 4.41. The predicted octanol–water partition coefficient (Wildman–Crippen LogP) is 1.87. The number of fused-ring (bicyclic) bond motifs is 1. The molecule has 5 nitrogen and oxygen atoms in total. The Kier molecular flexibility index (Phi) is 5.31. The number of aromatic nitrogens is 2. The lowest BCUT2D eigenvalue weighted by molar-refractivity contribution is -0.119. The van der Waals surface area contributed by atoms with Gasteiger partial charge in [0, 0.05) is 18.5 Å². The van der Waals surface area contributed by atoms with Crippen LogP contribution in [0.3, 0.4) is 0 Å². The highest BCUT2D eigenvalue weighted by molar-refractivity contribution is 8.00.